The first-order chi connectivity index (χ1) is 15.0. The highest BCUT2D eigenvalue weighted by atomic mass is 32.2. The number of aryl methyl sites for hydroxylation is 2. The molecule has 3 heterocycles. The molecule has 5 rings (SSSR count). The van der Waals surface area contributed by atoms with Gasteiger partial charge in [0.25, 0.3) is 5.91 Å². The molecule has 0 atom stereocenters. The Hall–Kier alpha value is -2.07. The molecule has 3 aromatic rings. The summed E-state index contributed by atoms with van der Waals surface area (Å²) < 4.78 is 27.8. The fourth-order valence-corrected chi connectivity index (χ4v) is 7.18. The predicted octanol–water partition coefficient (Wildman–Crippen LogP) is 3.90. The molecule has 0 bridgehead atoms. The summed E-state index contributed by atoms with van der Waals surface area (Å²) in [5.74, 6) is -0.136. The van der Waals surface area contributed by atoms with Crippen molar-refractivity contribution in [2.45, 2.75) is 30.6 Å². The number of sulfonamides is 1. The molecule has 2 aromatic heterocycles. The Morgan fingerprint density at radius 1 is 0.968 bits per heavy atom. The molecule has 9 heteroatoms. The summed E-state index contributed by atoms with van der Waals surface area (Å²) in [5, 5.41) is 6.61. The van der Waals surface area contributed by atoms with E-state index in [0.717, 1.165) is 35.4 Å². The van der Waals surface area contributed by atoms with Gasteiger partial charge in [0.05, 0.1) is 4.90 Å². The molecular weight excluding hydrogens is 450 g/mol. The van der Waals surface area contributed by atoms with Crippen molar-refractivity contribution in [3.8, 4) is 10.6 Å². The van der Waals surface area contributed by atoms with E-state index in [1.54, 1.807) is 27.7 Å². The Morgan fingerprint density at radius 3 is 2.48 bits per heavy atom. The van der Waals surface area contributed by atoms with Gasteiger partial charge in [-0.05, 0) is 60.4 Å². The van der Waals surface area contributed by atoms with Gasteiger partial charge in [0.2, 0.25) is 10.0 Å². The lowest BCUT2D eigenvalue weighted by Crippen LogP contribution is -2.50. The third-order valence-corrected chi connectivity index (χ3v) is 9.44. The molecule has 31 heavy (non-hydrogen) atoms. The number of aromatic nitrogens is 1. The minimum Gasteiger partial charge on any atom is -0.335 e. The molecule has 1 fully saturated rings. The Bertz CT molecular complexity index is 1190. The van der Waals surface area contributed by atoms with E-state index in [1.807, 2.05) is 29.0 Å². The maximum atomic E-state index is 13.2. The maximum Gasteiger partial charge on any atom is 0.273 e. The number of amides is 1. The number of nitrogens with zero attached hydrogens (tertiary/aromatic N) is 3. The molecule has 1 aromatic carbocycles. The first-order valence-corrected chi connectivity index (χ1v) is 13.7. The van der Waals surface area contributed by atoms with Crippen LogP contribution in [0.4, 0.5) is 0 Å². The summed E-state index contributed by atoms with van der Waals surface area (Å²) in [5.41, 5.74) is 3.88. The molecule has 0 spiro atoms. The number of fused-ring (bicyclic) bond motifs is 1. The zero-order valence-corrected chi connectivity index (χ0v) is 19.4. The van der Waals surface area contributed by atoms with E-state index in [9.17, 15) is 13.2 Å². The number of carbonyl (C=O) groups excluding carboxylic acids is 1. The van der Waals surface area contributed by atoms with E-state index in [0.29, 0.717) is 36.8 Å². The van der Waals surface area contributed by atoms with Gasteiger partial charge in [-0.25, -0.2) is 13.4 Å². The average Bonchev–Trinajstić information content (AvgIpc) is 3.50. The molecule has 2 aliphatic rings. The summed E-state index contributed by atoms with van der Waals surface area (Å²) >= 11 is 3.05. The van der Waals surface area contributed by atoms with Crippen molar-refractivity contribution in [1.29, 1.82) is 0 Å². The third kappa shape index (κ3) is 4.07. The fraction of sp³-hybridized carbons (Fsp3) is 0.364. The van der Waals surface area contributed by atoms with E-state index < -0.39 is 10.0 Å². The van der Waals surface area contributed by atoms with E-state index in [1.165, 1.54) is 27.6 Å². The first-order valence-electron chi connectivity index (χ1n) is 10.4. The van der Waals surface area contributed by atoms with Crippen molar-refractivity contribution in [3.05, 3.63) is 57.2 Å². The van der Waals surface area contributed by atoms with Crippen molar-refractivity contribution in [3.63, 3.8) is 0 Å². The topological polar surface area (TPSA) is 70.6 Å². The largest absolute Gasteiger partial charge is 0.335 e. The Labute approximate surface area is 190 Å². The van der Waals surface area contributed by atoms with E-state index in [2.05, 4.69) is 4.98 Å². The molecule has 1 aliphatic heterocycles. The second-order valence-electron chi connectivity index (χ2n) is 7.88. The number of thiazole rings is 1. The molecule has 1 amide bonds. The Morgan fingerprint density at radius 2 is 1.74 bits per heavy atom. The van der Waals surface area contributed by atoms with Crippen molar-refractivity contribution in [2.24, 2.45) is 0 Å². The average molecular weight is 474 g/mol. The summed E-state index contributed by atoms with van der Waals surface area (Å²) in [6.07, 6.45) is 4.26. The van der Waals surface area contributed by atoms with Gasteiger partial charge >= 0.3 is 0 Å². The number of benzene rings is 1. The number of thiophene rings is 1. The molecule has 1 saturated heterocycles. The van der Waals surface area contributed by atoms with Gasteiger partial charge in [0, 0.05) is 42.5 Å². The highest BCUT2D eigenvalue weighted by molar-refractivity contribution is 7.89. The van der Waals surface area contributed by atoms with Crippen LogP contribution in [0.2, 0.25) is 0 Å². The van der Waals surface area contributed by atoms with Gasteiger partial charge < -0.3 is 4.90 Å². The van der Waals surface area contributed by atoms with Gasteiger partial charge in [-0.2, -0.15) is 15.6 Å². The van der Waals surface area contributed by atoms with Crippen molar-refractivity contribution < 1.29 is 13.2 Å². The van der Waals surface area contributed by atoms with Crippen LogP contribution in [0.5, 0.6) is 0 Å². The van der Waals surface area contributed by atoms with Gasteiger partial charge in [0.15, 0.2) is 0 Å². The van der Waals surface area contributed by atoms with Gasteiger partial charge in [-0.1, -0.05) is 6.07 Å². The molecule has 1 aliphatic carbocycles. The van der Waals surface area contributed by atoms with Crippen LogP contribution in [0, 0.1) is 0 Å². The zero-order chi connectivity index (χ0) is 21.4. The molecule has 6 nitrogen and oxygen atoms in total. The van der Waals surface area contributed by atoms with Gasteiger partial charge in [0.1, 0.15) is 10.7 Å². The van der Waals surface area contributed by atoms with Crippen molar-refractivity contribution in [1.82, 2.24) is 14.2 Å². The standard InChI is InChI=1S/C22H23N3O3S3/c26-22(20-15-30-21(23-20)18-7-12-29-14-18)24-8-10-25(11-9-24)31(27,28)19-6-5-16-3-1-2-4-17(16)13-19/h5-7,12-15H,1-4,8-11H2. The quantitative estimate of drug-likeness (QED) is 0.576. The van der Waals surface area contributed by atoms with Crippen LogP contribution in [0.3, 0.4) is 0 Å². The Balaban J connectivity index is 1.26. The summed E-state index contributed by atoms with van der Waals surface area (Å²) in [7, 11) is -3.55. The molecule has 0 N–H and O–H groups in total. The van der Waals surface area contributed by atoms with Crippen LogP contribution >= 0.6 is 22.7 Å². The Kier molecular flexibility index (Phi) is 5.68. The summed E-state index contributed by atoms with van der Waals surface area (Å²) in [4.78, 5) is 19.4. The van der Waals surface area contributed by atoms with Gasteiger partial charge in [-0.3, -0.25) is 4.79 Å². The summed E-state index contributed by atoms with van der Waals surface area (Å²) in [6, 6.07) is 7.54. The van der Waals surface area contributed by atoms with Crippen LogP contribution in [-0.4, -0.2) is 54.7 Å². The zero-order valence-electron chi connectivity index (χ0n) is 17.0. The smallest absolute Gasteiger partial charge is 0.273 e. The number of rotatable bonds is 4. The number of piperazine rings is 1. The fourth-order valence-electron chi connectivity index (χ4n) is 4.20. The second kappa shape index (κ2) is 8.46. The van der Waals surface area contributed by atoms with Gasteiger partial charge in [-0.15, -0.1) is 11.3 Å². The minimum atomic E-state index is -3.55. The number of carbonyl (C=O) groups is 1. The maximum absolute atomic E-state index is 13.2. The van der Waals surface area contributed by atoms with Crippen LogP contribution in [0.25, 0.3) is 10.6 Å². The number of hydrogen-bond donors (Lipinski definition) is 0. The van der Waals surface area contributed by atoms with Crippen molar-refractivity contribution in [2.75, 3.05) is 26.2 Å². The first kappa shape index (κ1) is 20.8. The SMILES string of the molecule is O=C(c1csc(-c2ccsc2)n1)N1CCN(S(=O)(=O)c2ccc3c(c2)CCCC3)CC1. The van der Waals surface area contributed by atoms with Crippen LogP contribution in [-0.2, 0) is 22.9 Å². The monoisotopic (exact) mass is 473 g/mol. The highest BCUT2D eigenvalue weighted by Gasteiger charge is 2.31. The van der Waals surface area contributed by atoms with Crippen LogP contribution in [0.1, 0.15) is 34.5 Å². The second-order valence-corrected chi connectivity index (χ2v) is 11.5. The minimum absolute atomic E-state index is 0.136. The molecule has 0 saturated carbocycles. The number of hydrogen-bond acceptors (Lipinski definition) is 6. The van der Waals surface area contributed by atoms with Crippen molar-refractivity contribution >= 4 is 38.6 Å². The lowest BCUT2D eigenvalue weighted by Gasteiger charge is -2.33. The predicted molar refractivity (Wildman–Crippen MR) is 123 cm³/mol. The van der Waals surface area contributed by atoms with Crippen LogP contribution in [0.15, 0.2) is 45.3 Å². The summed E-state index contributed by atoms with van der Waals surface area (Å²) in [6.45, 7) is 1.34. The van der Waals surface area contributed by atoms with E-state index >= 15 is 0 Å². The molecule has 0 unspecified atom stereocenters. The third-order valence-electron chi connectivity index (χ3n) is 5.98. The molecule has 0 radical (unpaired) electrons. The molecular formula is C22H23N3O3S3. The van der Waals surface area contributed by atoms with E-state index in [4.69, 9.17) is 0 Å². The molecule has 162 valence electrons. The van der Waals surface area contributed by atoms with Crippen LogP contribution < -0.4 is 0 Å². The highest BCUT2D eigenvalue weighted by Crippen LogP contribution is 2.28. The van der Waals surface area contributed by atoms with E-state index in [-0.39, 0.29) is 5.91 Å². The normalized spacial score (nSPS) is 17.5. The lowest BCUT2D eigenvalue weighted by atomic mass is 9.92. The lowest BCUT2D eigenvalue weighted by molar-refractivity contribution is 0.0693.